The summed E-state index contributed by atoms with van der Waals surface area (Å²) < 4.78 is 24.2. The second-order valence-corrected chi connectivity index (χ2v) is 6.83. The van der Waals surface area contributed by atoms with Gasteiger partial charge in [-0.2, -0.15) is 0 Å². The number of nitrogens with one attached hydrogen (secondary N) is 1. The maximum absolute atomic E-state index is 13.6. The van der Waals surface area contributed by atoms with Crippen molar-refractivity contribution >= 4 is 11.8 Å². The van der Waals surface area contributed by atoms with Crippen LogP contribution in [0, 0.1) is 12.7 Å². The lowest BCUT2D eigenvalue weighted by atomic mass is 10.2. The van der Waals surface area contributed by atoms with Crippen molar-refractivity contribution in [3.05, 3.63) is 53.2 Å². The fraction of sp³-hybridized carbons (Fsp3) is 0.450. The van der Waals surface area contributed by atoms with Crippen LogP contribution in [0.25, 0.3) is 0 Å². The standard InChI is InChI=1S/C20H24FN3O4/c1-14-11-18(23-28-14)20(26)24(13-16-6-4-10-27-16)9-8-19(25)22-12-15-5-2-3-7-17(15)21/h2-3,5,7,11,16H,4,6,8-10,12-13H2,1H3,(H,22,25). The predicted molar refractivity (Wildman–Crippen MR) is 99.0 cm³/mol. The molecule has 2 heterocycles. The monoisotopic (exact) mass is 389 g/mol. The number of hydrogen-bond donors (Lipinski definition) is 1. The first-order valence-corrected chi connectivity index (χ1v) is 9.37. The molecule has 2 aromatic rings. The molecule has 150 valence electrons. The van der Waals surface area contributed by atoms with E-state index in [1.807, 2.05) is 0 Å². The number of carbonyl (C=O) groups is 2. The zero-order valence-electron chi connectivity index (χ0n) is 15.8. The third-order valence-electron chi connectivity index (χ3n) is 4.62. The summed E-state index contributed by atoms with van der Waals surface area (Å²) in [6.45, 7) is 3.11. The Bertz CT molecular complexity index is 817. The van der Waals surface area contributed by atoms with Gasteiger partial charge in [0, 0.05) is 44.3 Å². The van der Waals surface area contributed by atoms with Crippen LogP contribution in [0.5, 0.6) is 0 Å². The Hall–Kier alpha value is -2.74. The summed E-state index contributed by atoms with van der Waals surface area (Å²) in [5.41, 5.74) is 0.628. The molecule has 3 rings (SSSR count). The van der Waals surface area contributed by atoms with Crippen LogP contribution < -0.4 is 5.32 Å². The number of aromatic nitrogens is 1. The van der Waals surface area contributed by atoms with Crippen LogP contribution in [0.2, 0.25) is 0 Å². The molecule has 7 nitrogen and oxygen atoms in total. The molecule has 1 aromatic carbocycles. The number of nitrogens with zero attached hydrogens (tertiary/aromatic N) is 2. The lowest BCUT2D eigenvalue weighted by Crippen LogP contribution is -2.40. The Balaban J connectivity index is 1.56. The zero-order valence-corrected chi connectivity index (χ0v) is 15.8. The molecule has 1 N–H and O–H groups in total. The van der Waals surface area contributed by atoms with Crippen LogP contribution in [0.3, 0.4) is 0 Å². The molecule has 1 fully saturated rings. The zero-order chi connectivity index (χ0) is 19.9. The normalized spacial score (nSPS) is 16.1. The van der Waals surface area contributed by atoms with E-state index in [1.165, 1.54) is 6.07 Å². The lowest BCUT2D eigenvalue weighted by Gasteiger charge is -2.24. The van der Waals surface area contributed by atoms with E-state index in [-0.39, 0.29) is 48.9 Å². The molecule has 28 heavy (non-hydrogen) atoms. The maximum Gasteiger partial charge on any atom is 0.276 e. The van der Waals surface area contributed by atoms with Gasteiger partial charge in [0.1, 0.15) is 11.6 Å². The first-order valence-electron chi connectivity index (χ1n) is 9.37. The van der Waals surface area contributed by atoms with Gasteiger partial charge in [-0.05, 0) is 25.8 Å². The maximum atomic E-state index is 13.6. The Morgan fingerprint density at radius 3 is 2.86 bits per heavy atom. The summed E-state index contributed by atoms with van der Waals surface area (Å²) in [4.78, 5) is 26.5. The van der Waals surface area contributed by atoms with Crippen molar-refractivity contribution in [2.45, 2.75) is 38.8 Å². The number of halogens is 1. The van der Waals surface area contributed by atoms with Gasteiger partial charge in [0.2, 0.25) is 5.91 Å². The molecule has 0 spiro atoms. The van der Waals surface area contributed by atoms with Crippen LogP contribution in [-0.4, -0.2) is 47.7 Å². The molecule has 0 radical (unpaired) electrons. The molecular weight excluding hydrogens is 365 g/mol. The average Bonchev–Trinajstić information content (AvgIpc) is 3.35. The van der Waals surface area contributed by atoms with Gasteiger partial charge < -0.3 is 19.5 Å². The summed E-state index contributed by atoms with van der Waals surface area (Å²) in [5.74, 6) is -0.374. The smallest absolute Gasteiger partial charge is 0.276 e. The third-order valence-corrected chi connectivity index (χ3v) is 4.62. The van der Waals surface area contributed by atoms with Crippen LogP contribution in [0.15, 0.2) is 34.9 Å². The molecule has 1 unspecified atom stereocenters. The topological polar surface area (TPSA) is 84.7 Å². The SMILES string of the molecule is Cc1cc(C(=O)N(CCC(=O)NCc2ccccc2F)CC2CCCO2)no1. The number of carbonyl (C=O) groups excluding carboxylic acids is 2. The van der Waals surface area contributed by atoms with Crippen molar-refractivity contribution in [2.24, 2.45) is 0 Å². The number of hydrogen-bond acceptors (Lipinski definition) is 5. The molecule has 1 aromatic heterocycles. The Labute approximate surface area is 162 Å². The fourth-order valence-electron chi connectivity index (χ4n) is 3.10. The van der Waals surface area contributed by atoms with Crippen LogP contribution in [-0.2, 0) is 16.1 Å². The molecule has 0 aliphatic carbocycles. The van der Waals surface area contributed by atoms with Crippen LogP contribution in [0.4, 0.5) is 4.39 Å². The van der Waals surface area contributed by atoms with E-state index >= 15 is 0 Å². The minimum Gasteiger partial charge on any atom is -0.376 e. The van der Waals surface area contributed by atoms with Crippen molar-refractivity contribution in [1.29, 1.82) is 0 Å². The van der Waals surface area contributed by atoms with Crippen molar-refractivity contribution in [2.75, 3.05) is 19.7 Å². The van der Waals surface area contributed by atoms with Crippen molar-refractivity contribution in [3.8, 4) is 0 Å². The van der Waals surface area contributed by atoms with E-state index < -0.39 is 0 Å². The number of aryl methyl sites for hydroxylation is 1. The quantitative estimate of drug-likeness (QED) is 0.750. The van der Waals surface area contributed by atoms with E-state index in [0.29, 0.717) is 24.5 Å². The fourth-order valence-corrected chi connectivity index (χ4v) is 3.10. The highest BCUT2D eigenvalue weighted by molar-refractivity contribution is 5.92. The molecule has 2 amide bonds. The molecule has 1 aliphatic rings. The van der Waals surface area contributed by atoms with Crippen molar-refractivity contribution < 1.29 is 23.2 Å². The summed E-state index contributed by atoms with van der Waals surface area (Å²) >= 11 is 0. The molecule has 1 aliphatic heterocycles. The van der Waals surface area contributed by atoms with E-state index in [1.54, 1.807) is 36.1 Å². The Kier molecular flexibility index (Phi) is 6.76. The minimum atomic E-state index is -0.362. The average molecular weight is 389 g/mol. The summed E-state index contributed by atoms with van der Waals surface area (Å²) in [6.07, 6.45) is 1.89. The molecule has 8 heteroatoms. The largest absolute Gasteiger partial charge is 0.376 e. The molecule has 1 atom stereocenters. The number of rotatable bonds is 8. The number of amides is 2. The van der Waals surface area contributed by atoms with E-state index in [0.717, 1.165) is 12.8 Å². The molecule has 0 bridgehead atoms. The predicted octanol–water partition coefficient (Wildman–Crippen LogP) is 2.45. The summed E-state index contributed by atoms with van der Waals surface area (Å²) in [7, 11) is 0. The van der Waals surface area contributed by atoms with Crippen molar-refractivity contribution in [1.82, 2.24) is 15.4 Å². The van der Waals surface area contributed by atoms with Gasteiger partial charge in [-0.15, -0.1) is 0 Å². The first kappa shape index (κ1) is 20.0. The van der Waals surface area contributed by atoms with Crippen LogP contribution >= 0.6 is 0 Å². The van der Waals surface area contributed by atoms with Gasteiger partial charge in [0.05, 0.1) is 6.10 Å². The van der Waals surface area contributed by atoms with Gasteiger partial charge in [-0.1, -0.05) is 23.4 Å². The first-order chi connectivity index (χ1) is 13.5. The second kappa shape index (κ2) is 9.45. The molecule has 0 saturated carbocycles. The highest BCUT2D eigenvalue weighted by atomic mass is 19.1. The minimum absolute atomic E-state index is 0.0431. The Morgan fingerprint density at radius 2 is 2.18 bits per heavy atom. The summed E-state index contributed by atoms with van der Waals surface area (Å²) in [5, 5.41) is 6.46. The molecule has 1 saturated heterocycles. The second-order valence-electron chi connectivity index (χ2n) is 6.83. The van der Waals surface area contributed by atoms with Crippen molar-refractivity contribution in [3.63, 3.8) is 0 Å². The van der Waals surface area contributed by atoms with Gasteiger partial charge >= 0.3 is 0 Å². The number of benzene rings is 1. The highest BCUT2D eigenvalue weighted by Crippen LogP contribution is 2.16. The van der Waals surface area contributed by atoms with E-state index in [4.69, 9.17) is 9.26 Å². The highest BCUT2D eigenvalue weighted by Gasteiger charge is 2.25. The molecular formula is C20H24FN3O4. The third kappa shape index (κ3) is 5.39. The van der Waals surface area contributed by atoms with Gasteiger partial charge in [-0.25, -0.2) is 4.39 Å². The number of ether oxygens (including phenoxy) is 1. The van der Waals surface area contributed by atoms with E-state index in [9.17, 15) is 14.0 Å². The van der Waals surface area contributed by atoms with Gasteiger partial charge in [0.25, 0.3) is 5.91 Å². The van der Waals surface area contributed by atoms with Gasteiger partial charge in [0.15, 0.2) is 5.69 Å². The Morgan fingerprint density at radius 1 is 1.36 bits per heavy atom. The lowest BCUT2D eigenvalue weighted by molar-refractivity contribution is -0.121. The van der Waals surface area contributed by atoms with Crippen LogP contribution in [0.1, 0.15) is 41.1 Å². The van der Waals surface area contributed by atoms with Gasteiger partial charge in [-0.3, -0.25) is 9.59 Å². The van der Waals surface area contributed by atoms with E-state index in [2.05, 4.69) is 10.5 Å². The summed E-state index contributed by atoms with van der Waals surface area (Å²) in [6, 6.07) is 7.86.